The number of amides is 1. The molecule has 0 saturated carbocycles. The zero-order valence-corrected chi connectivity index (χ0v) is 16.1. The minimum Gasteiger partial charge on any atom is -0.481 e. The second-order valence-corrected chi connectivity index (χ2v) is 7.33. The van der Waals surface area contributed by atoms with Gasteiger partial charge in [-0.25, -0.2) is 0 Å². The van der Waals surface area contributed by atoms with Crippen LogP contribution in [-0.2, 0) is 11.3 Å². The summed E-state index contributed by atoms with van der Waals surface area (Å²) in [6.07, 6.45) is 3.30. The van der Waals surface area contributed by atoms with Crippen LogP contribution >= 0.6 is 0 Å². The third kappa shape index (κ3) is 4.21. The number of carboxylic acids is 1. The summed E-state index contributed by atoms with van der Waals surface area (Å²) in [5, 5.41) is 13.9. The van der Waals surface area contributed by atoms with Crippen molar-refractivity contribution in [2.45, 2.75) is 31.8 Å². The second kappa shape index (κ2) is 8.31. The molecule has 148 valence electrons. The molecule has 1 amide bonds. The fourth-order valence-corrected chi connectivity index (χ4v) is 3.91. The molecule has 1 saturated heterocycles. The number of carbonyl (C=O) groups is 2. The number of nitrogens with zero attached hydrogens (tertiary/aromatic N) is 3. The average Bonchev–Trinajstić information content (AvgIpc) is 3.36. The van der Waals surface area contributed by atoms with E-state index in [0.29, 0.717) is 24.3 Å². The van der Waals surface area contributed by atoms with E-state index in [4.69, 9.17) is 5.10 Å². The molecular weight excluding hydrogens is 366 g/mol. The summed E-state index contributed by atoms with van der Waals surface area (Å²) in [5.74, 6) is -1.02. The lowest BCUT2D eigenvalue weighted by Crippen LogP contribution is -2.36. The topological polar surface area (TPSA) is 75.4 Å². The zero-order chi connectivity index (χ0) is 20.2. The fourth-order valence-electron chi connectivity index (χ4n) is 3.91. The number of benzene rings is 2. The molecule has 1 aliphatic heterocycles. The van der Waals surface area contributed by atoms with Crippen molar-refractivity contribution < 1.29 is 14.7 Å². The highest BCUT2D eigenvalue weighted by Crippen LogP contribution is 2.28. The Hall–Kier alpha value is -3.41. The predicted molar refractivity (Wildman–Crippen MR) is 110 cm³/mol. The molecule has 1 aliphatic rings. The highest BCUT2D eigenvalue weighted by Gasteiger charge is 2.33. The highest BCUT2D eigenvalue weighted by molar-refractivity contribution is 6.00. The molecule has 2 heterocycles. The molecule has 4 rings (SSSR count). The molecular formula is C23H23N3O3. The number of aliphatic carboxylic acids is 1. The molecule has 0 bridgehead atoms. The number of hydrogen-bond acceptors (Lipinski definition) is 3. The van der Waals surface area contributed by atoms with Crippen LogP contribution < -0.4 is 0 Å². The number of carboxylic acid groups (broad SMARTS) is 1. The SMILES string of the molecule is O=C(O)CC1CCCN1C(=O)c1cn(Cc2ccccc2)nc1-c1ccccc1. The number of aromatic nitrogens is 2. The molecule has 0 aliphatic carbocycles. The fraction of sp³-hybridized carbons (Fsp3) is 0.261. The molecule has 0 radical (unpaired) electrons. The van der Waals surface area contributed by atoms with E-state index in [1.54, 1.807) is 15.8 Å². The Morgan fingerprint density at radius 3 is 2.41 bits per heavy atom. The lowest BCUT2D eigenvalue weighted by Gasteiger charge is -2.23. The van der Waals surface area contributed by atoms with Crippen LogP contribution in [0.25, 0.3) is 11.3 Å². The molecule has 3 aromatic rings. The van der Waals surface area contributed by atoms with Crippen molar-refractivity contribution in [2.24, 2.45) is 0 Å². The van der Waals surface area contributed by atoms with Gasteiger partial charge in [0.2, 0.25) is 0 Å². The summed E-state index contributed by atoms with van der Waals surface area (Å²) in [5.41, 5.74) is 3.12. The molecule has 1 N–H and O–H groups in total. The van der Waals surface area contributed by atoms with Crippen LogP contribution in [0.4, 0.5) is 0 Å². The first-order valence-corrected chi connectivity index (χ1v) is 9.81. The van der Waals surface area contributed by atoms with E-state index in [1.807, 2.05) is 60.7 Å². The molecule has 0 spiro atoms. The van der Waals surface area contributed by atoms with Gasteiger partial charge in [0.05, 0.1) is 18.5 Å². The third-order valence-electron chi connectivity index (χ3n) is 5.27. The van der Waals surface area contributed by atoms with Gasteiger partial charge in [0.1, 0.15) is 5.69 Å². The Kier molecular flexibility index (Phi) is 5.42. The van der Waals surface area contributed by atoms with E-state index in [2.05, 4.69) is 0 Å². The lowest BCUT2D eigenvalue weighted by molar-refractivity contribution is -0.137. The molecule has 29 heavy (non-hydrogen) atoms. The van der Waals surface area contributed by atoms with E-state index in [-0.39, 0.29) is 18.4 Å². The van der Waals surface area contributed by atoms with Gasteiger partial charge in [-0.15, -0.1) is 0 Å². The van der Waals surface area contributed by atoms with Gasteiger partial charge in [0.15, 0.2) is 0 Å². The first-order chi connectivity index (χ1) is 14.1. The average molecular weight is 389 g/mol. The Morgan fingerprint density at radius 1 is 1.03 bits per heavy atom. The van der Waals surface area contributed by atoms with Crippen molar-refractivity contribution in [3.8, 4) is 11.3 Å². The van der Waals surface area contributed by atoms with Gasteiger partial charge in [-0.3, -0.25) is 14.3 Å². The maximum atomic E-state index is 13.4. The minimum atomic E-state index is -0.877. The van der Waals surface area contributed by atoms with Crippen molar-refractivity contribution in [3.05, 3.63) is 78.0 Å². The van der Waals surface area contributed by atoms with E-state index in [1.165, 1.54) is 0 Å². The standard InChI is InChI=1S/C23H23N3O3/c27-21(28)14-19-12-7-13-26(19)23(29)20-16-25(15-17-8-3-1-4-9-17)24-22(20)18-10-5-2-6-11-18/h1-6,8-11,16,19H,7,12-15H2,(H,27,28). The van der Waals surface area contributed by atoms with Crippen molar-refractivity contribution in [3.63, 3.8) is 0 Å². The molecule has 1 fully saturated rings. The van der Waals surface area contributed by atoms with E-state index >= 15 is 0 Å². The van der Waals surface area contributed by atoms with Crippen molar-refractivity contribution >= 4 is 11.9 Å². The predicted octanol–water partition coefficient (Wildman–Crippen LogP) is 3.68. The number of hydrogen-bond donors (Lipinski definition) is 1. The van der Waals surface area contributed by atoms with Gasteiger partial charge in [-0.05, 0) is 18.4 Å². The maximum absolute atomic E-state index is 13.4. The Morgan fingerprint density at radius 2 is 1.72 bits per heavy atom. The molecule has 6 nitrogen and oxygen atoms in total. The monoisotopic (exact) mass is 389 g/mol. The summed E-state index contributed by atoms with van der Waals surface area (Å²) in [6, 6.07) is 19.3. The largest absolute Gasteiger partial charge is 0.481 e. The van der Waals surface area contributed by atoms with Crippen LogP contribution in [0.3, 0.4) is 0 Å². The van der Waals surface area contributed by atoms with E-state index < -0.39 is 5.97 Å². The van der Waals surface area contributed by atoms with Crippen LogP contribution in [0.15, 0.2) is 66.9 Å². The van der Waals surface area contributed by atoms with Crippen LogP contribution in [0.2, 0.25) is 0 Å². The normalized spacial score (nSPS) is 16.1. The lowest BCUT2D eigenvalue weighted by atomic mass is 10.1. The molecule has 1 atom stereocenters. The summed E-state index contributed by atoms with van der Waals surface area (Å²) in [7, 11) is 0. The summed E-state index contributed by atoms with van der Waals surface area (Å²) >= 11 is 0. The van der Waals surface area contributed by atoms with Gasteiger partial charge < -0.3 is 10.0 Å². The number of carbonyl (C=O) groups excluding carboxylic acids is 1. The zero-order valence-electron chi connectivity index (χ0n) is 16.1. The quantitative estimate of drug-likeness (QED) is 0.698. The van der Waals surface area contributed by atoms with Crippen molar-refractivity contribution in [1.29, 1.82) is 0 Å². The van der Waals surface area contributed by atoms with E-state index in [9.17, 15) is 14.7 Å². The van der Waals surface area contributed by atoms with Crippen LogP contribution in [-0.4, -0.2) is 44.3 Å². The summed E-state index contributed by atoms with van der Waals surface area (Å²) in [4.78, 5) is 26.3. The Labute approximate surface area is 169 Å². The first-order valence-electron chi connectivity index (χ1n) is 9.81. The smallest absolute Gasteiger partial charge is 0.305 e. The Bertz CT molecular complexity index is 999. The molecule has 1 unspecified atom stereocenters. The molecule has 6 heteroatoms. The Balaban J connectivity index is 1.69. The van der Waals surface area contributed by atoms with Gasteiger partial charge >= 0.3 is 5.97 Å². The van der Waals surface area contributed by atoms with Crippen molar-refractivity contribution in [2.75, 3.05) is 6.54 Å². The molecule has 1 aromatic heterocycles. The first kappa shape index (κ1) is 18.9. The highest BCUT2D eigenvalue weighted by atomic mass is 16.4. The van der Waals surface area contributed by atoms with Gasteiger partial charge in [-0.1, -0.05) is 60.7 Å². The van der Waals surface area contributed by atoms with Gasteiger partial charge in [0, 0.05) is 24.3 Å². The molecule has 2 aromatic carbocycles. The van der Waals surface area contributed by atoms with Gasteiger partial charge in [-0.2, -0.15) is 5.10 Å². The number of rotatable bonds is 6. The van der Waals surface area contributed by atoms with Crippen molar-refractivity contribution in [1.82, 2.24) is 14.7 Å². The van der Waals surface area contributed by atoms with Crippen LogP contribution in [0.1, 0.15) is 35.2 Å². The maximum Gasteiger partial charge on any atom is 0.305 e. The van der Waals surface area contributed by atoms with Crippen LogP contribution in [0, 0.1) is 0 Å². The minimum absolute atomic E-state index is 0.0233. The second-order valence-electron chi connectivity index (χ2n) is 7.33. The van der Waals surface area contributed by atoms with E-state index in [0.717, 1.165) is 24.0 Å². The van der Waals surface area contributed by atoms with Gasteiger partial charge in [0.25, 0.3) is 5.91 Å². The number of likely N-dealkylation sites (tertiary alicyclic amines) is 1. The van der Waals surface area contributed by atoms with Crippen LogP contribution in [0.5, 0.6) is 0 Å². The summed E-state index contributed by atoms with van der Waals surface area (Å²) in [6.45, 7) is 1.14. The third-order valence-corrected chi connectivity index (χ3v) is 5.27. The summed E-state index contributed by atoms with van der Waals surface area (Å²) < 4.78 is 1.78.